The number of aromatic nitrogens is 6. The van der Waals surface area contributed by atoms with Crippen LogP contribution in [0.1, 0.15) is 39.8 Å². The lowest BCUT2D eigenvalue weighted by Crippen LogP contribution is -2.39. The molecule has 0 aliphatic carbocycles. The summed E-state index contributed by atoms with van der Waals surface area (Å²) in [5.74, 6) is 0.651. The third-order valence-electron chi connectivity index (χ3n) is 4.66. The first-order valence-electron chi connectivity index (χ1n) is 8.56. The number of hydrogen-bond acceptors (Lipinski definition) is 7. The van der Waals surface area contributed by atoms with Crippen LogP contribution in [0.3, 0.4) is 0 Å². The van der Waals surface area contributed by atoms with Gasteiger partial charge in [-0.25, -0.2) is 0 Å². The fraction of sp³-hybridized carbons (Fsp3) is 0.412. The molecule has 1 amide bonds. The maximum Gasteiger partial charge on any atom is 0.267 e. The SMILES string of the molecule is Cc1ccc(-c2nnn(C3CCN(C(=O)c4snnc4C)CC3)n2)cc1. The number of amides is 1. The maximum absolute atomic E-state index is 12.5. The zero-order chi connectivity index (χ0) is 18.1. The Balaban J connectivity index is 1.41. The van der Waals surface area contributed by atoms with Gasteiger partial charge in [0.05, 0.1) is 11.7 Å². The molecule has 0 saturated carbocycles. The van der Waals surface area contributed by atoms with Crippen LogP contribution < -0.4 is 0 Å². The van der Waals surface area contributed by atoms with E-state index >= 15 is 0 Å². The minimum absolute atomic E-state index is 0.0165. The van der Waals surface area contributed by atoms with Crippen molar-refractivity contribution in [3.8, 4) is 11.4 Å². The second-order valence-corrected chi connectivity index (χ2v) is 7.26. The Morgan fingerprint density at radius 3 is 2.50 bits per heavy atom. The average Bonchev–Trinajstić information content (AvgIpc) is 3.31. The number of rotatable bonds is 3. The molecule has 134 valence electrons. The molecule has 1 aromatic carbocycles. The lowest BCUT2D eigenvalue weighted by Gasteiger charge is -2.30. The zero-order valence-corrected chi connectivity index (χ0v) is 15.5. The summed E-state index contributed by atoms with van der Waals surface area (Å²) in [6, 6.07) is 8.24. The summed E-state index contributed by atoms with van der Waals surface area (Å²) in [5.41, 5.74) is 2.86. The molecule has 1 fully saturated rings. The van der Waals surface area contributed by atoms with E-state index in [4.69, 9.17) is 0 Å². The van der Waals surface area contributed by atoms with Crippen molar-refractivity contribution in [2.24, 2.45) is 0 Å². The fourth-order valence-electron chi connectivity index (χ4n) is 3.07. The molecule has 0 unspecified atom stereocenters. The minimum Gasteiger partial charge on any atom is -0.338 e. The van der Waals surface area contributed by atoms with Gasteiger partial charge in [-0.3, -0.25) is 4.79 Å². The lowest BCUT2D eigenvalue weighted by atomic mass is 10.1. The number of carbonyl (C=O) groups is 1. The van der Waals surface area contributed by atoms with E-state index in [0.29, 0.717) is 29.5 Å². The van der Waals surface area contributed by atoms with Crippen molar-refractivity contribution in [3.63, 3.8) is 0 Å². The highest BCUT2D eigenvalue weighted by Crippen LogP contribution is 2.24. The van der Waals surface area contributed by atoms with Gasteiger partial charge in [-0.05, 0) is 43.4 Å². The highest BCUT2D eigenvalue weighted by Gasteiger charge is 2.28. The fourth-order valence-corrected chi connectivity index (χ4v) is 3.69. The van der Waals surface area contributed by atoms with Crippen LogP contribution in [-0.2, 0) is 0 Å². The molecule has 0 atom stereocenters. The standard InChI is InChI=1S/C17H19N7OS/c1-11-3-5-13(6-4-11)16-19-21-24(20-16)14-7-9-23(10-8-14)17(25)15-12(2)18-22-26-15/h3-6,14H,7-10H2,1-2H3. The molecule has 3 heterocycles. The summed E-state index contributed by atoms with van der Waals surface area (Å²) in [5, 5.41) is 16.9. The van der Waals surface area contributed by atoms with Crippen LogP contribution in [0.4, 0.5) is 0 Å². The van der Waals surface area contributed by atoms with Crippen LogP contribution in [0, 0.1) is 13.8 Å². The van der Waals surface area contributed by atoms with Crippen LogP contribution in [0.15, 0.2) is 24.3 Å². The van der Waals surface area contributed by atoms with E-state index in [-0.39, 0.29) is 11.9 Å². The van der Waals surface area contributed by atoms with Gasteiger partial charge >= 0.3 is 0 Å². The van der Waals surface area contributed by atoms with E-state index in [9.17, 15) is 4.79 Å². The molecule has 26 heavy (non-hydrogen) atoms. The van der Waals surface area contributed by atoms with E-state index in [0.717, 1.165) is 29.9 Å². The average molecular weight is 369 g/mol. The number of carbonyl (C=O) groups excluding carboxylic acids is 1. The third kappa shape index (κ3) is 3.22. The van der Waals surface area contributed by atoms with Gasteiger partial charge in [0.15, 0.2) is 0 Å². The first-order valence-corrected chi connectivity index (χ1v) is 9.34. The van der Waals surface area contributed by atoms with Crippen LogP contribution >= 0.6 is 11.5 Å². The van der Waals surface area contributed by atoms with E-state index in [1.165, 1.54) is 5.56 Å². The minimum atomic E-state index is 0.0165. The van der Waals surface area contributed by atoms with Crippen molar-refractivity contribution in [2.75, 3.05) is 13.1 Å². The molecule has 1 saturated heterocycles. The molecule has 0 N–H and O–H groups in total. The molecule has 1 aliphatic rings. The Morgan fingerprint density at radius 1 is 1.12 bits per heavy atom. The predicted octanol–water partition coefficient (Wildman–Crippen LogP) is 2.29. The van der Waals surface area contributed by atoms with Gasteiger partial charge in [0.1, 0.15) is 4.88 Å². The van der Waals surface area contributed by atoms with Gasteiger partial charge in [0, 0.05) is 18.7 Å². The van der Waals surface area contributed by atoms with Crippen molar-refractivity contribution >= 4 is 17.4 Å². The zero-order valence-electron chi connectivity index (χ0n) is 14.7. The predicted molar refractivity (Wildman–Crippen MR) is 96.8 cm³/mol. The molecule has 0 radical (unpaired) electrons. The van der Waals surface area contributed by atoms with Gasteiger partial charge in [-0.1, -0.05) is 34.3 Å². The molecule has 2 aromatic heterocycles. The number of hydrogen-bond donors (Lipinski definition) is 0. The van der Waals surface area contributed by atoms with E-state index in [1.807, 2.05) is 43.0 Å². The Labute approximate surface area is 155 Å². The third-order valence-corrected chi connectivity index (χ3v) is 5.48. The summed E-state index contributed by atoms with van der Waals surface area (Å²) >= 11 is 1.16. The molecule has 0 spiro atoms. The molecular weight excluding hydrogens is 350 g/mol. The Bertz CT molecular complexity index is 909. The highest BCUT2D eigenvalue weighted by molar-refractivity contribution is 7.07. The van der Waals surface area contributed by atoms with E-state index < -0.39 is 0 Å². The summed E-state index contributed by atoms with van der Waals surface area (Å²) in [6.45, 7) is 5.20. The lowest BCUT2D eigenvalue weighted by molar-refractivity contribution is 0.0687. The second kappa shape index (κ2) is 6.91. The Kier molecular flexibility index (Phi) is 4.46. The molecule has 9 heteroatoms. The summed E-state index contributed by atoms with van der Waals surface area (Å²) < 4.78 is 3.85. The first-order chi connectivity index (χ1) is 12.6. The Hall–Kier alpha value is -2.68. The van der Waals surface area contributed by atoms with Crippen LogP contribution in [0.25, 0.3) is 11.4 Å². The van der Waals surface area contributed by atoms with Crippen molar-refractivity contribution in [2.45, 2.75) is 32.7 Å². The van der Waals surface area contributed by atoms with Crippen molar-refractivity contribution in [1.82, 2.24) is 34.7 Å². The number of nitrogens with zero attached hydrogens (tertiary/aromatic N) is 7. The maximum atomic E-state index is 12.5. The summed E-state index contributed by atoms with van der Waals surface area (Å²) in [7, 11) is 0. The summed E-state index contributed by atoms with van der Waals surface area (Å²) in [6.07, 6.45) is 1.61. The smallest absolute Gasteiger partial charge is 0.267 e. The van der Waals surface area contributed by atoms with Crippen LogP contribution in [0.2, 0.25) is 0 Å². The first kappa shape index (κ1) is 16.8. The van der Waals surface area contributed by atoms with Gasteiger partial charge in [-0.15, -0.1) is 15.3 Å². The Morgan fingerprint density at radius 2 is 1.85 bits per heavy atom. The van der Waals surface area contributed by atoms with Crippen LogP contribution in [-0.4, -0.2) is 53.7 Å². The van der Waals surface area contributed by atoms with Crippen LogP contribution in [0.5, 0.6) is 0 Å². The quantitative estimate of drug-likeness (QED) is 0.704. The van der Waals surface area contributed by atoms with E-state index in [1.54, 1.807) is 4.80 Å². The van der Waals surface area contributed by atoms with Crippen molar-refractivity contribution < 1.29 is 4.79 Å². The molecule has 4 rings (SSSR count). The number of benzene rings is 1. The second-order valence-electron chi connectivity index (χ2n) is 6.51. The normalized spacial score (nSPS) is 15.4. The largest absolute Gasteiger partial charge is 0.338 e. The molecule has 8 nitrogen and oxygen atoms in total. The summed E-state index contributed by atoms with van der Waals surface area (Å²) in [4.78, 5) is 16.7. The highest BCUT2D eigenvalue weighted by atomic mass is 32.1. The van der Waals surface area contributed by atoms with Crippen molar-refractivity contribution in [1.29, 1.82) is 0 Å². The topological polar surface area (TPSA) is 89.7 Å². The molecule has 3 aromatic rings. The number of piperidine rings is 1. The van der Waals surface area contributed by atoms with Crippen molar-refractivity contribution in [3.05, 3.63) is 40.4 Å². The molecule has 1 aliphatic heterocycles. The number of aryl methyl sites for hydroxylation is 2. The molecule has 0 bridgehead atoms. The van der Waals surface area contributed by atoms with Gasteiger partial charge < -0.3 is 4.90 Å². The van der Waals surface area contributed by atoms with Gasteiger partial charge in [0.2, 0.25) is 5.82 Å². The molecular formula is C17H19N7OS. The number of likely N-dealkylation sites (tertiary alicyclic amines) is 1. The van der Waals surface area contributed by atoms with Gasteiger partial charge in [0.25, 0.3) is 5.91 Å². The monoisotopic (exact) mass is 369 g/mol. The number of tetrazole rings is 1. The van der Waals surface area contributed by atoms with E-state index in [2.05, 4.69) is 25.0 Å². The van der Waals surface area contributed by atoms with Gasteiger partial charge in [-0.2, -0.15) is 4.80 Å².